The molecule has 0 bridgehead atoms. The van der Waals surface area contributed by atoms with Gasteiger partial charge in [-0.25, -0.2) is 0 Å². The molecule has 2 aromatic rings. The lowest BCUT2D eigenvalue weighted by molar-refractivity contribution is 0.324. The van der Waals surface area contributed by atoms with Crippen molar-refractivity contribution in [1.82, 2.24) is 15.5 Å². The molecule has 0 aliphatic heterocycles. The van der Waals surface area contributed by atoms with Gasteiger partial charge in [-0.05, 0) is 6.92 Å². The molecule has 10 heteroatoms. The van der Waals surface area contributed by atoms with Crippen molar-refractivity contribution in [2.24, 2.45) is 4.99 Å². The van der Waals surface area contributed by atoms with Gasteiger partial charge in [-0.15, -0.1) is 24.0 Å². The maximum absolute atomic E-state index is 5.39. The fraction of sp³-hybridized carbons (Fsp3) is 0.526. The number of rotatable bonds is 9. The van der Waals surface area contributed by atoms with Crippen LogP contribution in [-0.4, -0.2) is 50.5 Å². The molecule has 162 valence electrons. The van der Waals surface area contributed by atoms with Gasteiger partial charge in [-0.3, -0.25) is 4.99 Å². The number of guanidine groups is 1. The van der Waals surface area contributed by atoms with E-state index in [1.54, 1.807) is 21.3 Å². The first-order valence-corrected chi connectivity index (χ1v) is 9.20. The van der Waals surface area contributed by atoms with Gasteiger partial charge in [0.25, 0.3) is 0 Å². The number of aliphatic imine (C=N–C) groups is 1. The van der Waals surface area contributed by atoms with Crippen LogP contribution in [-0.2, 0) is 6.42 Å². The third-order valence-corrected chi connectivity index (χ3v) is 3.87. The molecular formula is C19H30IN5O4. The highest BCUT2D eigenvalue weighted by atomic mass is 127. The third-order valence-electron chi connectivity index (χ3n) is 3.87. The quantitative estimate of drug-likeness (QED) is 0.295. The topological polar surface area (TPSA) is 103 Å². The molecule has 0 saturated heterocycles. The van der Waals surface area contributed by atoms with Crippen LogP contribution in [0.2, 0.25) is 0 Å². The van der Waals surface area contributed by atoms with Crippen LogP contribution in [0.15, 0.2) is 21.6 Å². The molecule has 0 atom stereocenters. The van der Waals surface area contributed by atoms with Crippen LogP contribution >= 0.6 is 24.0 Å². The molecule has 2 N–H and O–H groups in total. The van der Waals surface area contributed by atoms with Gasteiger partial charge in [-0.1, -0.05) is 19.0 Å². The fourth-order valence-corrected chi connectivity index (χ4v) is 2.46. The van der Waals surface area contributed by atoms with Crippen molar-refractivity contribution in [2.45, 2.75) is 33.1 Å². The summed E-state index contributed by atoms with van der Waals surface area (Å²) in [4.78, 5) is 8.93. The predicted molar refractivity (Wildman–Crippen MR) is 123 cm³/mol. The van der Waals surface area contributed by atoms with E-state index >= 15 is 0 Å². The van der Waals surface area contributed by atoms with Gasteiger partial charge in [0.15, 0.2) is 23.3 Å². The molecule has 0 unspecified atom stereocenters. The normalized spacial score (nSPS) is 11.1. The second kappa shape index (κ2) is 12.3. The van der Waals surface area contributed by atoms with E-state index in [1.165, 1.54) is 0 Å². The van der Waals surface area contributed by atoms with Crippen molar-refractivity contribution < 1.29 is 18.7 Å². The Morgan fingerprint density at radius 2 is 1.79 bits per heavy atom. The first-order chi connectivity index (χ1) is 13.5. The van der Waals surface area contributed by atoms with E-state index in [1.807, 2.05) is 32.9 Å². The number of nitrogens with one attached hydrogen (secondary N) is 2. The Labute approximate surface area is 188 Å². The van der Waals surface area contributed by atoms with E-state index in [-0.39, 0.29) is 29.9 Å². The average Bonchev–Trinajstić information content (AvgIpc) is 3.16. The largest absolute Gasteiger partial charge is 0.493 e. The Morgan fingerprint density at radius 1 is 1.14 bits per heavy atom. The standard InChI is InChI=1S/C19H29N5O4.HI/c1-7-20-19(21-9-8-16-23-18(12(2)3)24-28-16)22-13-10-14(25-4)17(27-6)15(11-13)26-5;/h10-12H,7-9H2,1-6H3,(H2,20,21,22);1H. The zero-order valence-corrected chi connectivity index (χ0v) is 20.1. The van der Waals surface area contributed by atoms with Crippen LogP contribution in [0.4, 0.5) is 5.69 Å². The second-order valence-corrected chi connectivity index (χ2v) is 6.25. The first kappa shape index (κ1) is 24.8. The minimum Gasteiger partial charge on any atom is -0.493 e. The Kier molecular flexibility index (Phi) is 10.6. The molecule has 1 aromatic carbocycles. The molecule has 9 nitrogen and oxygen atoms in total. The molecule has 0 radical (unpaired) electrons. The van der Waals surface area contributed by atoms with Crippen LogP contribution in [0.25, 0.3) is 0 Å². The number of anilines is 1. The number of nitrogens with zero attached hydrogens (tertiary/aromatic N) is 3. The fourth-order valence-electron chi connectivity index (χ4n) is 2.46. The number of ether oxygens (including phenoxy) is 3. The molecule has 1 aromatic heterocycles. The summed E-state index contributed by atoms with van der Waals surface area (Å²) < 4.78 is 21.4. The lowest BCUT2D eigenvalue weighted by atomic mass is 10.2. The highest BCUT2D eigenvalue weighted by Gasteiger charge is 2.14. The first-order valence-electron chi connectivity index (χ1n) is 9.20. The molecule has 0 saturated carbocycles. The van der Waals surface area contributed by atoms with Crippen LogP contribution in [0.1, 0.15) is 38.4 Å². The summed E-state index contributed by atoms with van der Waals surface area (Å²) in [6.07, 6.45) is 0.561. The highest BCUT2D eigenvalue weighted by molar-refractivity contribution is 14.0. The van der Waals surface area contributed by atoms with E-state index < -0.39 is 0 Å². The number of hydrogen-bond acceptors (Lipinski definition) is 7. The number of benzene rings is 1. The van der Waals surface area contributed by atoms with Gasteiger partial charge < -0.3 is 29.4 Å². The van der Waals surface area contributed by atoms with Crippen LogP contribution in [0.3, 0.4) is 0 Å². The summed E-state index contributed by atoms with van der Waals surface area (Å²) in [6.45, 7) is 7.27. The van der Waals surface area contributed by atoms with Gasteiger partial charge in [0, 0.05) is 36.7 Å². The second-order valence-electron chi connectivity index (χ2n) is 6.25. The van der Waals surface area contributed by atoms with Crippen LogP contribution < -0.4 is 24.8 Å². The summed E-state index contributed by atoms with van der Waals surface area (Å²) in [5.74, 6) is 3.81. The van der Waals surface area contributed by atoms with E-state index in [0.717, 1.165) is 5.69 Å². The minimum absolute atomic E-state index is 0. The van der Waals surface area contributed by atoms with Gasteiger partial charge in [-0.2, -0.15) is 4.98 Å². The smallest absolute Gasteiger partial charge is 0.228 e. The maximum Gasteiger partial charge on any atom is 0.228 e. The lowest BCUT2D eigenvalue weighted by Gasteiger charge is -2.16. The summed E-state index contributed by atoms with van der Waals surface area (Å²) in [5, 5.41) is 10.4. The number of halogens is 1. The van der Waals surface area contributed by atoms with Crippen molar-refractivity contribution >= 4 is 35.6 Å². The van der Waals surface area contributed by atoms with Gasteiger partial charge in [0.2, 0.25) is 11.6 Å². The molecular weight excluding hydrogens is 489 g/mol. The summed E-state index contributed by atoms with van der Waals surface area (Å²) in [7, 11) is 4.73. The van der Waals surface area contributed by atoms with Crippen molar-refractivity contribution in [2.75, 3.05) is 39.7 Å². The van der Waals surface area contributed by atoms with Crippen molar-refractivity contribution in [1.29, 1.82) is 0 Å². The number of hydrogen-bond donors (Lipinski definition) is 2. The van der Waals surface area contributed by atoms with Crippen LogP contribution in [0.5, 0.6) is 17.2 Å². The third kappa shape index (κ3) is 6.94. The molecule has 0 aliphatic rings. The Bertz CT molecular complexity index is 770. The molecule has 0 amide bonds. The van der Waals surface area contributed by atoms with Gasteiger partial charge in [0.05, 0.1) is 27.9 Å². The van der Waals surface area contributed by atoms with Crippen molar-refractivity contribution in [3.63, 3.8) is 0 Å². The lowest BCUT2D eigenvalue weighted by Crippen LogP contribution is -2.31. The van der Waals surface area contributed by atoms with Crippen molar-refractivity contribution in [3.05, 3.63) is 23.8 Å². The van der Waals surface area contributed by atoms with Crippen LogP contribution in [0, 0.1) is 0 Å². The zero-order valence-electron chi connectivity index (χ0n) is 17.7. The average molecular weight is 519 g/mol. The Morgan fingerprint density at radius 3 is 2.28 bits per heavy atom. The summed E-state index contributed by atoms with van der Waals surface area (Å²) in [6, 6.07) is 3.64. The maximum atomic E-state index is 5.39. The van der Waals surface area contributed by atoms with E-state index in [0.29, 0.717) is 54.4 Å². The monoisotopic (exact) mass is 519 g/mol. The van der Waals surface area contributed by atoms with Gasteiger partial charge >= 0.3 is 0 Å². The number of aromatic nitrogens is 2. The molecule has 0 fully saturated rings. The van der Waals surface area contributed by atoms with E-state index in [2.05, 4.69) is 25.8 Å². The SMILES string of the molecule is CCNC(=NCCc1nc(C(C)C)no1)Nc1cc(OC)c(OC)c(OC)c1.I. The Balaban J connectivity index is 0.00000420. The summed E-state index contributed by atoms with van der Waals surface area (Å²) in [5.41, 5.74) is 0.758. The van der Waals surface area contributed by atoms with Crippen molar-refractivity contribution in [3.8, 4) is 17.2 Å². The molecule has 0 aliphatic carbocycles. The number of methoxy groups -OCH3 is 3. The zero-order chi connectivity index (χ0) is 20.5. The Hall–Kier alpha value is -2.24. The molecule has 2 rings (SSSR count). The van der Waals surface area contributed by atoms with Gasteiger partial charge in [0.1, 0.15) is 0 Å². The highest BCUT2D eigenvalue weighted by Crippen LogP contribution is 2.39. The molecule has 0 spiro atoms. The molecule has 29 heavy (non-hydrogen) atoms. The molecule has 1 heterocycles. The minimum atomic E-state index is 0. The van der Waals surface area contributed by atoms with E-state index in [4.69, 9.17) is 18.7 Å². The summed E-state index contributed by atoms with van der Waals surface area (Å²) >= 11 is 0. The predicted octanol–water partition coefficient (Wildman–Crippen LogP) is 3.46. The van der Waals surface area contributed by atoms with E-state index in [9.17, 15) is 0 Å².